The lowest BCUT2D eigenvalue weighted by Crippen LogP contribution is -2.42. The van der Waals surface area contributed by atoms with Crippen LogP contribution in [0.5, 0.6) is 0 Å². The van der Waals surface area contributed by atoms with Gasteiger partial charge in [0.2, 0.25) is 0 Å². The largest absolute Gasteiger partial charge is 0.462 e. The smallest absolute Gasteiger partial charge is 0.321 e. The highest BCUT2D eigenvalue weighted by Crippen LogP contribution is 2.28. The minimum Gasteiger partial charge on any atom is -0.462 e. The van der Waals surface area contributed by atoms with Crippen LogP contribution in [0.25, 0.3) is 0 Å². The van der Waals surface area contributed by atoms with Gasteiger partial charge in [0, 0.05) is 7.11 Å². The summed E-state index contributed by atoms with van der Waals surface area (Å²) in [6.07, 6.45) is -4.12. The van der Waals surface area contributed by atoms with Crippen molar-refractivity contribution in [2.75, 3.05) is 31.4 Å². The van der Waals surface area contributed by atoms with Crippen LogP contribution >= 0.6 is 34.8 Å². The molecule has 0 saturated carbocycles. The fourth-order valence-electron chi connectivity index (χ4n) is 1.86. The van der Waals surface area contributed by atoms with Gasteiger partial charge in [-0.15, -0.1) is 34.8 Å². The number of carbonyl (C=O) groups excluding carboxylic acids is 3. The van der Waals surface area contributed by atoms with Crippen LogP contribution in [0.1, 0.15) is 0 Å². The van der Waals surface area contributed by atoms with Gasteiger partial charge in [0.15, 0.2) is 18.5 Å². The molecule has 0 aliphatic carbocycles. The maximum atomic E-state index is 11.5. The van der Waals surface area contributed by atoms with E-state index in [-0.39, 0.29) is 12.5 Å². The van der Waals surface area contributed by atoms with Crippen molar-refractivity contribution in [3.8, 4) is 0 Å². The normalized spacial score (nSPS) is 26.6. The Kier molecular flexibility index (Phi) is 8.93. The summed E-state index contributed by atoms with van der Waals surface area (Å²) < 4.78 is 25.5. The lowest BCUT2D eigenvalue weighted by molar-refractivity contribution is -0.181. The standard InChI is InChI=1S/C12H15Cl3O8/c1-19-12-11(23-9(18)4-15)10(22-8(17)3-14)6(21-12)5-20-7(16)2-13/h6,10-12H,2-5H2,1H3/t6-,10-,11-,12-/m1/s1. The number of ether oxygens (including phenoxy) is 5. The molecule has 0 aromatic heterocycles. The Balaban J connectivity index is 2.87. The van der Waals surface area contributed by atoms with Gasteiger partial charge in [-0.05, 0) is 0 Å². The van der Waals surface area contributed by atoms with Gasteiger partial charge in [-0.25, -0.2) is 0 Å². The number of alkyl halides is 3. The van der Waals surface area contributed by atoms with Crippen molar-refractivity contribution in [1.82, 2.24) is 0 Å². The Labute approximate surface area is 147 Å². The number of halogens is 3. The summed E-state index contributed by atoms with van der Waals surface area (Å²) in [6.45, 7) is -0.277. The van der Waals surface area contributed by atoms with Crippen molar-refractivity contribution in [2.24, 2.45) is 0 Å². The highest BCUT2D eigenvalue weighted by Gasteiger charge is 2.50. The maximum absolute atomic E-state index is 11.5. The van der Waals surface area contributed by atoms with Crippen molar-refractivity contribution < 1.29 is 38.1 Å². The number of carbonyl (C=O) groups is 3. The summed E-state index contributed by atoms with van der Waals surface area (Å²) in [4.78, 5) is 34.0. The molecule has 0 aromatic carbocycles. The van der Waals surface area contributed by atoms with Crippen molar-refractivity contribution in [3.63, 3.8) is 0 Å². The summed E-state index contributed by atoms with van der Waals surface area (Å²) in [6, 6.07) is 0. The molecule has 1 fully saturated rings. The monoisotopic (exact) mass is 392 g/mol. The summed E-state index contributed by atoms with van der Waals surface area (Å²) in [7, 11) is 1.31. The topological polar surface area (TPSA) is 97.4 Å². The molecule has 1 aliphatic rings. The summed E-state index contributed by atoms with van der Waals surface area (Å²) in [5.41, 5.74) is 0. The van der Waals surface area contributed by atoms with Crippen LogP contribution < -0.4 is 0 Å². The van der Waals surface area contributed by atoms with Crippen LogP contribution in [0.3, 0.4) is 0 Å². The van der Waals surface area contributed by atoms with Crippen LogP contribution in [0.2, 0.25) is 0 Å². The van der Waals surface area contributed by atoms with Gasteiger partial charge in [0.05, 0.1) is 0 Å². The number of esters is 3. The minimum atomic E-state index is -1.09. The van der Waals surface area contributed by atoms with Gasteiger partial charge in [-0.1, -0.05) is 0 Å². The lowest BCUT2D eigenvalue weighted by atomic mass is 10.1. The molecule has 0 amide bonds. The molecule has 1 saturated heterocycles. The van der Waals surface area contributed by atoms with Crippen LogP contribution in [0.4, 0.5) is 0 Å². The lowest BCUT2D eigenvalue weighted by Gasteiger charge is -2.23. The Morgan fingerprint density at radius 1 is 0.913 bits per heavy atom. The van der Waals surface area contributed by atoms with Gasteiger partial charge in [0.1, 0.15) is 30.4 Å². The molecule has 1 heterocycles. The molecule has 1 aliphatic heterocycles. The highest BCUT2D eigenvalue weighted by molar-refractivity contribution is 6.27. The molecule has 23 heavy (non-hydrogen) atoms. The molecule has 0 bridgehead atoms. The van der Waals surface area contributed by atoms with E-state index in [1.807, 2.05) is 0 Å². The second-order valence-electron chi connectivity index (χ2n) is 4.27. The van der Waals surface area contributed by atoms with E-state index in [2.05, 4.69) is 0 Å². The van der Waals surface area contributed by atoms with Crippen LogP contribution in [0, 0.1) is 0 Å². The quantitative estimate of drug-likeness (QED) is 0.333. The third kappa shape index (κ3) is 5.96. The van der Waals surface area contributed by atoms with Crippen molar-refractivity contribution in [1.29, 1.82) is 0 Å². The fraction of sp³-hybridized carbons (Fsp3) is 0.750. The molecule has 0 radical (unpaired) electrons. The zero-order valence-electron chi connectivity index (χ0n) is 12.0. The third-order valence-electron chi connectivity index (χ3n) is 2.77. The maximum Gasteiger partial charge on any atom is 0.321 e. The molecular weight excluding hydrogens is 378 g/mol. The predicted molar refractivity (Wildman–Crippen MR) is 78.5 cm³/mol. The zero-order chi connectivity index (χ0) is 17.4. The van der Waals surface area contributed by atoms with E-state index in [0.29, 0.717) is 0 Å². The molecule has 0 N–H and O–H groups in total. The van der Waals surface area contributed by atoms with Crippen LogP contribution in [-0.2, 0) is 38.1 Å². The van der Waals surface area contributed by atoms with Crippen molar-refractivity contribution in [3.05, 3.63) is 0 Å². The summed E-state index contributed by atoms with van der Waals surface area (Å²) >= 11 is 16.1. The molecule has 0 unspecified atom stereocenters. The van der Waals surface area contributed by atoms with E-state index in [1.54, 1.807) is 0 Å². The molecule has 0 aromatic rings. The van der Waals surface area contributed by atoms with E-state index in [0.717, 1.165) is 0 Å². The van der Waals surface area contributed by atoms with Gasteiger partial charge in [-0.2, -0.15) is 0 Å². The number of rotatable bonds is 8. The molecule has 8 nitrogen and oxygen atoms in total. The Morgan fingerprint density at radius 2 is 1.43 bits per heavy atom. The van der Waals surface area contributed by atoms with E-state index in [4.69, 9.17) is 58.5 Å². The molecule has 132 valence electrons. The van der Waals surface area contributed by atoms with E-state index in [9.17, 15) is 14.4 Å². The predicted octanol–water partition coefficient (Wildman–Crippen LogP) is 0.441. The molecule has 4 atom stereocenters. The number of hydrogen-bond donors (Lipinski definition) is 0. The van der Waals surface area contributed by atoms with Gasteiger partial charge in [0.25, 0.3) is 0 Å². The molecule has 0 spiro atoms. The molecular formula is C12H15Cl3O8. The van der Waals surface area contributed by atoms with Gasteiger partial charge >= 0.3 is 17.9 Å². The van der Waals surface area contributed by atoms with Gasteiger partial charge < -0.3 is 23.7 Å². The second kappa shape index (κ2) is 10.1. The average Bonchev–Trinajstić information content (AvgIpc) is 2.89. The molecule has 11 heteroatoms. The highest BCUT2D eigenvalue weighted by atomic mass is 35.5. The van der Waals surface area contributed by atoms with E-state index < -0.39 is 54.3 Å². The zero-order valence-corrected chi connectivity index (χ0v) is 14.3. The first-order valence-corrected chi connectivity index (χ1v) is 7.97. The average molecular weight is 394 g/mol. The van der Waals surface area contributed by atoms with Gasteiger partial charge in [-0.3, -0.25) is 14.4 Å². The number of methoxy groups -OCH3 is 1. The minimum absolute atomic E-state index is 0.277. The first kappa shape index (κ1) is 20.2. The first-order valence-electron chi connectivity index (χ1n) is 6.37. The Morgan fingerprint density at radius 3 is 1.91 bits per heavy atom. The molecule has 1 rings (SSSR count). The summed E-state index contributed by atoms with van der Waals surface area (Å²) in [5, 5.41) is 0. The Bertz CT molecular complexity index is 433. The SMILES string of the molecule is CO[C@@H]1O[C@H](COC(=O)CCl)[C@@H](OC(=O)CCl)[C@H]1OC(=O)CCl. The van der Waals surface area contributed by atoms with E-state index >= 15 is 0 Å². The van der Waals surface area contributed by atoms with Crippen molar-refractivity contribution >= 4 is 52.7 Å². The second-order valence-corrected chi connectivity index (χ2v) is 5.07. The Hall–Kier alpha value is -0.800. The summed E-state index contributed by atoms with van der Waals surface area (Å²) in [5.74, 6) is -3.39. The fourth-order valence-corrected chi connectivity index (χ4v) is 2.07. The van der Waals surface area contributed by atoms with Crippen LogP contribution in [-0.4, -0.2) is 73.9 Å². The van der Waals surface area contributed by atoms with E-state index in [1.165, 1.54) is 7.11 Å². The first-order chi connectivity index (χ1) is 11.0. The number of hydrogen-bond acceptors (Lipinski definition) is 8. The third-order valence-corrected chi connectivity index (χ3v) is 3.43. The van der Waals surface area contributed by atoms with Crippen LogP contribution in [0.15, 0.2) is 0 Å². The van der Waals surface area contributed by atoms with Crippen molar-refractivity contribution in [2.45, 2.75) is 24.6 Å².